The number of aromatic amines is 1. The smallest absolute Gasteiger partial charge is 0.319 e. The van der Waals surface area contributed by atoms with Gasteiger partial charge in [0.05, 0.1) is 5.69 Å². The summed E-state index contributed by atoms with van der Waals surface area (Å²) in [6.07, 6.45) is 3.50. The number of aromatic nitrogens is 5. The average molecular weight is 335 g/mol. The Balaban J connectivity index is 1.66. The van der Waals surface area contributed by atoms with Gasteiger partial charge in [0.25, 0.3) is 0 Å². The van der Waals surface area contributed by atoms with E-state index in [4.69, 9.17) is 0 Å². The maximum absolute atomic E-state index is 12.2. The minimum Gasteiger partial charge on any atom is -0.319 e. The van der Waals surface area contributed by atoms with E-state index in [0.29, 0.717) is 16.6 Å². The van der Waals surface area contributed by atoms with Gasteiger partial charge in [-0.3, -0.25) is 4.98 Å². The molecule has 0 aliphatic heterocycles. The summed E-state index contributed by atoms with van der Waals surface area (Å²) < 4.78 is 1.29. The first kappa shape index (κ1) is 14.6. The number of H-pyrrole nitrogens is 1. The first-order valence-electron chi connectivity index (χ1n) is 7.37. The number of thioether (sulfide) groups is 1. The lowest BCUT2D eigenvalue weighted by Gasteiger charge is -2.01. The zero-order chi connectivity index (χ0) is 16.4. The first-order valence-corrected chi connectivity index (χ1v) is 8.35. The van der Waals surface area contributed by atoms with Gasteiger partial charge in [0.15, 0.2) is 5.16 Å². The summed E-state index contributed by atoms with van der Waals surface area (Å²) in [5, 5.41) is 4.91. The van der Waals surface area contributed by atoms with Gasteiger partial charge in [-0.1, -0.05) is 42.1 Å². The summed E-state index contributed by atoms with van der Waals surface area (Å²) in [7, 11) is 0. The van der Waals surface area contributed by atoms with E-state index in [2.05, 4.69) is 20.1 Å². The molecule has 1 aromatic carbocycles. The van der Waals surface area contributed by atoms with E-state index in [1.165, 1.54) is 16.3 Å². The van der Waals surface area contributed by atoms with Crippen molar-refractivity contribution in [3.05, 3.63) is 77.0 Å². The minimum atomic E-state index is -0.386. The van der Waals surface area contributed by atoms with Gasteiger partial charge in [-0.2, -0.15) is 14.6 Å². The van der Waals surface area contributed by atoms with Crippen LogP contribution >= 0.6 is 11.8 Å². The van der Waals surface area contributed by atoms with Crippen LogP contribution in [-0.2, 0) is 5.75 Å². The Labute approximate surface area is 141 Å². The van der Waals surface area contributed by atoms with E-state index in [1.807, 2.05) is 48.5 Å². The Morgan fingerprint density at radius 1 is 1.08 bits per heavy atom. The van der Waals surface area contributed by atoms with Gasteiger partial charge in [0, 0.05) is 29.8 Å². The topological polar surface area (TPSA) is 75.9 Å². The molecule has 0 aliphatic carbocycles. The third kappa shape index (κ3) is 2.93. The molecule has 118 valence electrons. The molecule has 6 nitrogen and oxygen atoms in total. The fourth-order valence-corrected chi connectivity index (χ4v) is 3.15. The van der Waals surface area contributed by atoms with E-state index in [9.17, 15) is 4.79 Å². The molecule has 0 spiro atoms. The quantitative estimate of drug-likeness (QED) is 0.580. The van der Waals surface area contributed by atoms with Gasteiger partial charge >= 0.3 is 5.69 Å². The predicted molar refractivity (Wildman–Crippen MR) is 92.8 cm³/mol. The number of pyridine rings is 1. The summed E-state index contributed by atoms with van der Waals surface area (Å²) >= 11 is 1.47. The van der Waals surface area contributed by atoms with Crippen molar-refractivity contribution in [2.75, 3.05) is 0 Å². The Morgan fingerprint density at radius 3 is 2.67 bits per heavy atom. The largest absolute Gasteiger partial charge is 0.372 e. The Kier molecular flexibility index (Phi) is 3.84. The highest BCUT2D eigenvalue weighted by molar-refractivity contribution is 7.98. The van der Waals surface area contributed by atoms with Crippen molar-refractivity contribution in [2.45, 2.75) is 10.9 Å². The third-order valence-corrected chi connectivity index (χ3v) is 4.46. The molecule has 0 saturated heterocycles. The summed E-state index contributed by atoms with van der Waals surface area (Å²) in [5.41, 5.74) is 3.06. The van der Waals surface area contributed by atoms with Crippen LogP contribution < -0.4 is 5.69 Å². The maximum atomic E-state index is 12.2. The lowest BCUT2D eigenvalue weighted by atomic mass is 10.2. The van der Waals surface area contributed by atoms with Crippen molar-refractivity contribution in [1.29, 1.82) is 0 Å². The van der Waals surface area contributed by atoms with E-state index < -0.39 is 0 Å². The van der Waals surface area contributed by atoms with Crippen LogP contribution in [0.25, 0.3) is 16.9 Å². The Hall–Kier alpha value is -2.93. The standard InChI is InChI=1S/C17H13N5OS/c23-17-20-16(24-11-12-6-8-18-9-7-12)19-15-10-14(21-22(15)17)13-4-2-1-3-5-13/h1-10H,11H2,(H,19,20,23). The zero-order valence-corrected chi connectivity index (χ0v) is 13.4. The first-order chi connectivity index (χ1) is 11.8. The fourth-order valence-electron chi connectivity index (χ4n) is 2.34. The molecule has 4 rings (SSSR count). The van der Waals surface area contributed by atoms with Gasteiger partial charge in [-0.05, 0) is 17.7 Å². The molecule has 0 aliphatic rings. The molecule has 0 radical (unpaired) electrons. The molecular weight excluding hydrogens is 322 g/mol. The van der Waals surface area contributed by atoms with Crippen LogP contribution in [0.5, 0.6) is 0 Å². The number of nitrogens with one attached hydrogen (secondary N) is 1. The van der Waals surface area contributed by atoms with Crippen molar-refractivity contribution in [3.8, 4) is 11.3 Å². The number of hydrogen-bond acceptors (Lipinski definition) is 5. The molecule has 0 bridgehead atoms. The number of rotatable bonds is 4. The molecule has 3 aromatic heterocycles. The van der Waals surface area contributed by atoms with E-state index in [1.54, 1.807) is 12.4 Å². The van der Waals surface area contributed by atoms with Crippen LogP contribution in [0.3, 0.4) is 0 Å². The Bertz CT molecular complexity index is 1030. The SMILES string of the molecule is O=c1nc(SCc2ccncc2)[nH]c2cc(-c3ccccc3)nn12. The van der Waals surface area contributed by atoms with Crippen LogP contribution in [0.4, 0.5) is 0 Å². The van der Waals surface area contributed by atoms with Crippen LogP contribution in [0.2, 0.25) is 0 Å². The second-order valence-corrected chi connectivity index (χ2v) is 6.13. The second kappa shape index (κ2) is 6.29. The number of nitrogens with zero attached hydrogens (tertiary/aromatic N) is 4. The highest BCUT2D eigenvalue weighted by Gasteiger charge is 2.09. The summed E-state index contributed by atoms with van der Waals surface area (Å²) in [5.74, 6) is 0.710. The third-order valence-electron chi connectivity index (χ3n) is 3.52. The molecule has 0 unspecified atom stereocenters. The highest BCUT2D eigenvalue weighted by atomic mass is 32.2. The van der Waals surface area contributed by atoms with Crippen molar-refractivity contribution in [3.63, 3.8) is 0 Å². The molecule has 0 fully saturated rings. The normalized spacial score (nSPS) is 11.0. The molecule has 0 saturated carbocycles. The van der Waals surface area contributed by atoms with Gasteiger partial charge < -0.3 is 4.98 Å². The van der Waals surface area contributed by atoms with Crippen LogP contribution in [-0.4, -0.2) is 24.6 Å². The van der Waals surface area contributed by atoms with Gasteiger partial charge in [0.1, 0.15) is 5.65 Å². The minimum absolute atomic E-state index is 0.386. The molecule has 4 aromatic rings. The van der Waals surface area contributed by atoms with Crippen LogP contribution in [0, 0.1) is 0 Å². The monoisotopic (exact) mass is 335 g/mol. The lowest BCUT2D eigenvalue weighted by molar-refractivity contribution is 0.788. The van der Waals surface area contributed by atoms with E-state index in [0.717, 1.165) is 16.8 Å². The van der Waals surface area contributed by atoms with Gasteiger partial charge in [-0.15, -0.1) is 0 Å². The fraction of sp³-hybridized carbons (Fsp3) is 0.0588. The number of hydrogen-bond donors (Lipinski definition) is 1. The van der Waals surface area contributed by atoms with Crippen molar-refractivity contribution >= 4 is 17.4 Å². The Morgan fingerprint density at radius 2 is 1.88 bits per heavy atom. The average Bonchev–Trinajstić information content (AvgIpc) is 3.06. The summed E-state index contributed by atoms with van der Waals surface area (Å²) in [6.45, 7) is 0. The molecule has 7 heteroatoms. The molecule has 0 atom stereocenters. The van der Waals surface area contributed by atoms with Crippen LogP contribution in [0.15, 0.2) is 70.9 Å². The lowest BCUT2D eigenvalue weighted by Crippen LogP contribution is -2.19. The van der Waals surface area contributed by atoms with Crippen LogP contribution in [0.1, 0.15) is 5.56 Å². The van der Waals surface area contributed by atoms with Crippen molar-refractivity contribution < 1.29 is 0 Å². The van der Waals surface area contributed by atoms with Gasteiger partial charge in [-0.25, -0.2) is 4.79 Å². The molecule has 1 N–H and O–H groups in total. The second-order valence-electron chi connectivity index (χ2n) is 5.16. The molecule has 3 heterocycles. The predicted octanol–water partition coefficient (Wildman–Crippen LogP) is 2.77. The molecular formula is C17H13N5OS. The highest BCUT2D eigenvalue weighted by Crippen LogP contribution is 2.21. The van der Waals surface area contributed by atoms with Crippen molar-refractivity contribution in [1.82, 2.24) is 24.6 Å². The maximum Gasteiger partial charge on any atom is 0.372 e. The van der Waals surface area contributed by atoms with E-state index >= 15 is 0 Å². The number of benzene rings is 1. The summed E-state index contributed by atoms with van der Waals surface area (Å²) in [4.78, 5) is 23.4. The zero-order valence-electron chi connectivity index (χ0n) is 12.6. The van der Waals surface area contributed by atoms with Crippen molar-refractivity contribution in [2.24, 2.45) is 0 Å². The summed E-state index contributed by atoms with van der Waals surface area (Å²) in [6, 6.07) is 15.5. The van der Waals surface area contributed by atoms with Gasteiger partial charge in [0.2, 0.25) is 0 Å². The number of fused-ring (bicyclic) bond motifs is 1. The van der Waals surface area contributed by atoms with E-state index in [-0.39, 0.29) is 5.69 Å². The molecule has 24 heavy (non-hydrogen) atoms. The molecule has 0 amide bonds.